The van der Waals surface area contributed by atoms with Crippen LogP contribution in [0.15, 0.2) is 24.3 Å². The van der Waals surface area contributed by atoms with Crippen LogP contribution in [0.3, 0.4) is 0 Å². The molecular weight excluding hydrogens is 272 g/mol. The highest BCUT2D eigenvalue weighted by atomic mass is 32.2. The van der Waals surface area contributed by atoms with E-state index in [1.807, 2.05) is 0 Å². The topological polar surface area (TPSA) is 127 Å². The van der Waals surface area contributed by atoms with Crippen LogP contribution in [0.2, 0.25) is 0 Å². The number of carboxylic acids is 1. The Morgan fingerprint density at radius 2 is 1.89 bits per heavy atom. The molecule has 0 aliphatic rings. The quantitative estimate of drug-likeness (QED) is 0.668. The number of sulfonamides is 1. The molecule has 7 nitrogen and oxygen atoms in total. The van der Waals surface area contributed by atoms with E-state index in [4.69, 9.17) is 10.8 Å². The molecule has 0 aliphatic heterocycles. The van der Waals surface area contributed by atoms with Crippen molar-refractivity contribution in [3.05, 3.63) is 29.8 Å². The molecule has 8 heteroatoms. The van der Waals surface area contributed by atoms with Crippen molar-refractivity contribution >= 4 is 27.6 Å². The van der Waals surface area contributed by atoms with Gasteiger partial charge in [-0.2, -0.15) is 0 Å². The molecule has 0 aliphatic carbocycles. The molecule has 0 heterocycles. The van der Waals surface area contributed by atoms with E-state index in [-0.39, 0.29) is 29.8 Å². The fraction of sp³-hybridized carbons (Fsp3) is 0.273. The first kappa shape index (κ1) is 15.0. The third kappa shape index (κ3) is 4.96. The number of carboxylic acid groups (broad SMARTS) is 1. The van der Waals surface area contributed by atoms with Gasteiger partial charge in [-0.3, -0.25) is 14.3 Å². The molecule has 19 heavy (non-hydrogen) atoms. The van der Waals surface area contributed by atoms with Crippen molar-refractivity contribution in [3.8, 4) is 0 Å². The Labute approximate surface area is 110 Å². The van der Waals surface area contributed by atoms with E-state index >= 15 is 0 Å². The van der Waals surface area contributed by atoms with Crippen molar-refractivity contribution < 1.29 is 23.1 Å². The molecule has 0 unspecified atom stereocenters. The average Bonchev–Trinajstić information content (AvgIpc) is 2.27. The Bertz CT molecular complexity index is 583. The average molecular weight is 286 g/mol. The van der Waals surface area contributed by atoms with Gasteiger partial charge < -0.3 is 10.8 Å². The van der Waals surface area contributed by atoms with Crippen LogP contribution in [0.1, 0.15) is 23.2 Å². The van der Waals surface area contributed by atoms with E-state index < -0.39 is 21.9 Å². The largest absolute Gasteiger partial charge is 0.481 e. The maximum Gasteiger partial charge on any atom is 0.303 e. The summed E-state index contributed by atoms with van der Waals surface area (Å²) in [6.45, 7) is 0. The predicted octanol–water partition coefficient (Wildman–Crippen LogP) is 0.392. The van der Waals surface area contributed by atoms with Gasteiger partial charge in [-0.15, -0.1) is 0 Å². The van der Waals surface area contributed by atoms with Gasteiger partial charge in [0.1, 0.15) is 0 Å². The van der Waals surface area contributed by atoms with Crippen LogP contribution in [0.4, 0.5) is 5.69 Å². The number of rotatable bonds is 7. The zero-order valence-corrected chi connectivity index (χ0v) is 10.8. The molecule has 1 rings (SSSR count). The van der Waals surface area contributed by atoms with E-state index in [9.17, 15) is 18.0 Å². The van der Waals surface area contributed by atoms with Crippen LogP contribution in [-0.2, 0) is 14.8 Å². The number of hydrogen-bond acceptors (Lipinski definition) is 4. The number of primary amides is 1. The van der Waals surface area contributed by atoms with Crippen molar-refractivity contribution in [1.29, 1.82) is 0 Å². The Morgan fingerprint density at radius 1 is 1.26 bits per heavy atom. The summed E-state index contributed by atoms with van der Waals surface area (Å²) >= 11 is 0. The summed E-state index contributed by atoms with van der Waals surface area (Å²) in [6, 6.07) is 5.93. The number of carbonyl (C=O) groups excluding carboxylic acids is 1. The van der Waals surface area contributed by atoms with Crippen LogP contribution in [0, 0.1) is 0 Å². The highest BCUT2D eigenvalue weighted by molar-refractivity contribution is 7.92. The molecular formula is C11H14N2O5S. The number of nitrogens with two attached hydrogens (primary N) is 1. The van der Waals surface area contributed by atoms with E-state index in [1.165, 1.54) is 12.1 Å². The van der Waals surface area contributed by atoms with Gasteiger partial charge in [-0.05, 0) is 18.6 Å². The number of nitrogens with one attached hydrogen (secondary N) is 1. The number of benzene rings is 1. The number of amides is 1. The van der Waals surface area contributed by atoms with Gasteiger partial charge >= 0.3 is 5.97 Å². The maximum atomic E-state index is 11.7. The van der Waals surface area contributed by atoms with Gasteiger partial charge in [-0.25, -0.2) is 8.42 Å². The molecule has 0 saturated heterocycles. The second-order valence-electron chi connectivity index (χ2n) is 3.83. The smallest absolute Gasteiger partial charge is 0.303 e. The number of carbonyl (C=O) groups is 2. The lowest BCUT2D eigenvalue weighted by Crippen LogP contribution is -2.21. The number of aliphatic carboxylic acids is 1. The van der Waals surface area contributed by atoms with Crippen molar-refractivity contribution in [2.45, 2.75) is 12.8 Å². The number of para-hydroxylation sites is 1. The Hall–Kier alpha value is -2.09. The van der Waals surface area contributed by atoms with Gasteiger partial charge in [0.25, 0.3) is 5.91 Å². The van der Waals surface area contributed by atoms with Crippen molar-refractivity contribution in [2.75, 3.05) is 10.5 Å². The molecule has 1 aromatic carbocycles. The second kappa shape index (κ2) is 6.19. The van der Waals surface area contributed by atoms with Gasteiger partial charge in [0.05, 0.1) is 17.0 Å². The molecule has 0 fully saturated rings. The third-order valence-corrected chi connectivity index (χ3v) is 3.62. The fourth-order valence-electron chi connectivity index (χ4n) is 1.42. The molecule has 0 radical (unpaired) electrons. The van der Waals surface area contributed by atoms with E-state index in [0.717, 1.165) is 0 Å². The molecule has 0 bridgehead atoms. The number of hydrogen-bond donors (Lipinski definition) is 3. The van der Waals surface area contributed by atoms with Gasteiger partial charge in [0, 0.05) is 6.42 Å². The summed E-state index contributed by atoms with van der Waals surface area (Å²) in [4.78, 5) is 21.4. The molecule has 0 spiro atoms. The predicted molar refractivity (Wildman–Crippen MR) is 69.2 cm³/mol. The van der Waals surface area contributed by atoms with Crippen molar-refractivity contribution in [1.82, 2.24) is 0 Å². The summed E-state index contributed by atoms with van der Waals surface area (Å²) in [7, 11) is -3.71. The molecule has 0 atom stereocenters. The first-order chi connectivity index (χ1) is 8.82. The maximum absolute atomic E-state index is 11.7. The fourth-order valence-corrected chi connectivity index (χ4v) is 2.56. The van der Waals surface area contributed by atoms with Crippen molar-refractivity contribution in [2.24, 2.45) is 5.73 Å². The molecule has 4 N–H and O–H groups in total. The van der Waals surface area contributed by atoms with E-state index in [1.54, 1.807) is 12.1 Å². The zero-order chi connectivity index (χ0) is 14.5. The first-order valence-corrected chi connectivity index (χ1v) is 7.08. The van der Waals surface area contributed by atoms with Crippen LogP contribution in [0.5, 0.6) is 0 Å². The van der Waals surface area contributed by atoms with Gasteiger partial charge in [0.15, 0.2) is 0 Å². The Morgan fingerprint density at radius 3 is 2.47 bits per heavy atom. The zero-order valence-electron chi connectivity index (χ0n) is 10.00. The lowest BCUT2D eigenvalue weighted by atomic mass is 10.2. The van der Waals surface area contributed by atoms with Crippen molar-refractivity contribution in [3.63, 3.8) is 0 Å². The minimum absolute atomic E-state index is 0.0105. The normalized spacial score (nSPS) is 10.9. The minimum Gasteiger partial charge on any atom is -0.481 e. The minimum atomic E-state index is -3.71. The van der Waals surface area contributed by atoms with Gasteiger partial charge in [-0.1, -0.05) is 12.1 Å². The summed E-state index contributed by atoms with van der Waals surface area (Å²) in [5.74, 6) is -2.15. The lowest BCUT2D eigenvalue weighted by Gasteiger charge is -2.10. The third-order valence-electron chi connectivity index (χ3n) is 2.26. The molecule has 1 amide bonds. The summed E-state index contributed by atoms with van der Waals surface area (Å²) < 4.78 is 25.6. The SMILES string of the molecule is NC(=O)c1ccccc1NS(=O)(=O)CCCC(=O)O. The highest BCUT2D eigenvalue weighted by Crippen LogP contribution is 2.16. The van der Waals surface area contributed by atoms with Crippen LogP contribution in [-0.4, -0.2) is 31.2 Å². The molecule has 104 valence electrons. The Kier molecular flexibility index (Phi) is 4.87. The highest BCUT2D eigenvalue weighted by Gasteiger charge is 2.15. The summed E-state index contributed by atoms with van der Waals surface area (Å²) in [6.07, 6.45) is -0.248. The molecule has 0 aromatic heterocycles. The lowest BCUT2D eigenvalue weighted by molar-refractivity contribution is -0.137. The Balaban J connectivity index is 2.78. The second-order valence-corrected chi connectivity index (χ2v) is 5.67. The molecule has 1 aromatic rings. The number of anilines is 1. The van der Waals surface area contributed by atoms with Gasteiger partial charge in [0.2, 0.25) is 10.0 Å². The van der Waals surface area contributed by atoms with Crippen LogP contribution < -0.4 is 10.5 Å². The summed E-state index contributed by atoms with van der Waals surface area (Å²) in [5, 5.41) is 8.44. The first-order valence-electron chi connectivity index (χ1n) is 5.43. The molecule has 0 saturated carbocycles. The standard InChI is InChI=1S/C11H14N2O5S/c12-11(16)8-4-1-2-5-9(8)13-19(17,18)7-3-6-10(14)15/h1-2,4-5,13H,3,6-7H2,(H2,12,16)(H,14,15). The summed E-state index contributed by atoms with van der Waals surface area (Å²) in [5.41, 5.74) is 5.27. The van der Waals surface area contributed by atoms with Crippen LogP contribution in [0.25, 0.3) is 0 Å². The monoisotopic (exact) mass is 286 g/mol. The van der Waals surface area contributed by atoms with E-state index in [0.29, 0.717) is 0 Å². The van der Waals surface area contributed by atoms with Crippen LogP contribution >= 0.6 is 0 Å². The van der Waals surface area contributed by atoms with E-state index in [2.05, 4.69) is 4.72 Å².